The molecule has 2 aromatic rings. The number of hydrogen-bond acceptors (Lipinski definition) is 6. The molecule has 0 aliphatic carbocycles. The molecular weight excluding hydrogens is 364 g/mol. The summed E-state index contributed by atoms with van der Waals surface area (Å²) in [4.78, 5) is 33.4. The number of phenolic OH excluding ortho intramolecular Hbond substituents is 1. The van der Waals surface area contributed by atoms with E-state index in [1.54, 1.807) is 24.3 Å². The second kappa shape index (κ2) is 8.58. The van der Waals surface area contributed by atoms with E-state index >= 15 is 0 Å². The minimum absolute atomic E-state index is 0.287. The van der Waals surface area contributed by atoms with Gasteiger partial charge in [-0.3, -0.25) is 19.7 Å². The number of aromatic hydroxyl groups is 1. The molecule has 2 amide bonds. The van der Waals surface area contributed by atoms with Crippen molar-refractivity contribution >= 4 is 41.0 Å². The van der Waals surface area contributed by atoms with Crippen LogP contribution in [0.1, 0.15) is 12.0 Å². The molecule has 0 bridgehead atoms. The molecule has 0 atom stereocenters. The zero-order valence-corrected chi connectivity index (χ0v) is 13.9. The number of nitrogens with one attached hydrogen (secondary N) is 2. The molecule has 0 spiro atoms. The Morgan fingerprint density at radius 1 is 1.23 bits per heavy atom. The van der Waals surface area contributed by atoms with Gasteiger partial charge in [-0.05, 0) is 24.3 Å². The topological polar surface area (TPSA) is 134 Å². The lowest BCUT2D eigenvalue weighted by molar-refractivity contribution is -0.385. The summed E-state index contributed by atoms with van der Waals surface area (Å²) < 4.78 is 0. The van der Waals surface area contributed by atoms with E-state index in [-0.39, 0.29) is 5.56 Å². The van der Waals surface area contributed by atoms with Gasteiger partial charge in [0.15, 0.2) is 5.75 Å². The van der Waals surface area contributed by atoms with Gasteiger partial charge in [-0.1, -0.05) is 23.7 Å². The lowest BCUT2D eigenvalue weighted by Gasteiger charge is -2.06. The molecule has 0 heterocycles. The minimum atomic E-state index is -0.746. The van der Waals surface area contributed by atoms with Gasteiger partial charge in [-0.15, -0.1) is 0 Å². The number of nitro benzene ring substituents is 1. The highest BCUT2D eigenvalue weighted by Crippen LogP contribution is 2.25. The molecule has 3 N–H and O–H groups in total. The van der Waals surface area contributed by atoms with Crippen molar-refractivity contribution in [2.24, 2.45) is 5.10 Å². The number of nitro groups is 1. The van der Waals surface area contributed by atoms with Gasteiger partial charge in [-0.2, -0.15) is 5.10 Å². The van der Waals surface area contributed by atoms with Crippen molar-refractivity contribution in [2.45, 2.75) is 6.42 Å². The maximum absolute atomic E-state index is 11.8. The molecule has 10 heteroatoms. The number of phenols is 1. The van der Waals surface area contributed by atoms with Crippen molar-refractivity contribution in [3.8, 4) is 5.75 Å². The number of para-hydroxylation sites is 1. The second-order valence-electron chi connectivity index (χ2n) is 5.00. The zero-order valence-electron chi connectivity index (χ0n) is 13.2. The van der Waals surface area contributed by atoms with E-state index < -0.39 is 34.6 Å². The van der Waals surface area contributed by atoms with Crippen molar-refractivity contribution in [3.05, 3.63) is 63.2 Å². The van der Waals surface area contributed by atoms with Crippen molar-refractivity contribution in [3.63, 3.8) is 0 Å². The summed E-state index contributed by atoms with van der Waals surface area (Å²) >= 11 is 5.90. The Morgan fingerprint density at radius 3 is 2.65 bits per heavy atom. The van der Waals surface area contributed by atoms with Gasteiger partial charge in [-0.25, -0.2) is 5.43 Å². The third-order valence-corrected chi connectivity index (χ3v) is 3.40. The van der Waals surface area contributed by atoms with E-state index in [1.165, 1.54) is 6.07 Å². The van der Waals surface area contributed by atoms with Crippen LogP contribution in [-0.2, 0) is 9.59 Å². The average molecular weight is 377 g/mol. The Hall–Kier alpha value is -3.46. The van der Waals surface area contributed by atoms with E-state index in [1.807, 2.05) is 0 Å². The summed E-state index contributed by atoms with van der Waals surface area (Å²) in [6.07, 6.45) is 0.661. The summed E-state index contributed by atoms with van der Waals surface area (Å²) in [6, 6.07) is 10.2. The number of amides is 2. The van der Waals surface area contributed by atoms with Crippen molar-refractivity contribution in [1.82, 2.24) is 5.43 Å². The summed E-state index contributed by atoms with van der Waals surface area (Å²) in [6.45, 7) is 0. The molecule has 0 fully saturated rings. The first-order valence-electron chi connectivity index (χ1n) is 7.20. The lowest BCUT2D eigenvalue weighted by atomic mass is 10.2. The van der Waals surface area contributed by atoms with Crippen LogP contribution in [0.4, 0.5) is 11.4 Å². The number of hydrogen-bond donors (Lipinski definition) is 3. The predicted molar refractivity (Wildman–Crippen MR) is 95.2 cm³/mol. The van der Waals surface area contributed by atoms with Crippen LogP contribution in [0.2, 0.25) is 5.02 Å². The van der Waals surface area contributed by atoms with Crippen LogP contribution < -0.4 is 10.7 Å². The number of hydrazone groups is 1. The fraction of sp³-hybridized carbons (Fsp3) is 0.0625. The molecule has 9 nitrogen and oxygen atoms in total. The number of anilines is 1. The average Bonchev–Trinajstić information content (AvgIpc) is 2.58. The standard InChI is InChI=1S/C16H13ClN4O5/c17-11-3-1-2-4-12(11)19-15(23)8-16(24)20-18-9-10-5-6-14(22)13(7-10)21(25)26/h1-7,9,22H,8H2,(H,19,23)(H,20,24). The molecule has 2 aromatic carbocycles. The number of carbonyl (C=O) groups is 2. The maximum Gasteiger partial charge on any atom is 0.311 e. The Bertz CT molecular complexity index is 885. The zero-order chi connectivity index (χ0) is 19.1. The number of carbonyl (C=O) groups excluding carboxylic acids is 2. The monoisotopic (exact) mass is 376 g/mol. The molecular formula is C16H13ClN4O5. The molecule has 2 rings (SSSR count). The molecule has 0 saturated carbocycles. The highest BCUT2D eigenvalue weighted by molar-refractivity contribution is 6.33. The molecule has 0 aromatic heterocycles. The molecule has 26 heavy (non-hydrogen) atoms. The van der Waals surface area contributed by atoms with Crippen LogP contribution in [0.25, 0.3) is 0 Å². The van der Waals surface area contributed by atoms with Gasteiger partial charge in [0.2, 0.25) is 11.8 Å². The number of nitrogens with zero attached hydrogens (tertiary/aromatic N) is 2. The van der Waals surface area contributed by atoms with Crippen molar-refractivity contribution in [1.29, 1.82) is 0 Å². The Labute approximate surface area is 152 Å². The van der Waals surface area contributed by atoms with Crippen molar-refractivity contribution < 1.29 is 19.6 Å². The lowest BCUT2D eigenvalue weighted by Crippen LogP contribution is -2.24. The van der Waals surface area contributed by atoms with E-state index in [0.717, 1.165) is 18.3 Å². The van der Waals surface area contributed by atoms with Gasteiger partial charge in [0.1, 0.15) is 6.42 Å². The number of benzene rings is 2. The van der Waals surface area contributed by atoms with Crippen molar-refractivity contribution in [2.75, 3.05) is 5.32 Å². The molecule has 134 valence electrons. The quantitative estimate of drug-likeness (QED) is 0.308. The predicted octanol–water partition coefficient (Wildman–Crippen LogP) is 2.43. The van der Waals surface area contributed by atoms with Crippen LogP contribution in [-0.4, -0.2) is 28.1 Å². The molecule has 0 saturated heterocycles. The van der Waals surface area contributed by atoms with E-state index in [9.17, 15) is 24.8 Å². The summed E-state index contributed by atoms with van der Waals surface area (Å²) in [7, 11) is 0. The highest BCUT2D eigenvalue weighted by Gasteiger charge is 2.13. The molecule has 0 aliphatic heterocycles. The SMILES string of the molecule is O=C(CC(=O)Nc1ccccc1Cl)NN=Cc1ccc(O)c([N+](=O)[O-])c1. The second-order valence-corrected chi connectivity index (χ2v) is 5.41. The highest BCUT2D eigenvalue weighted by atomic mass is 35.5. The van der Waals surface area contributed by atoms with E-state index in [4.69, 9.17) is 11.6 Å². The van der Waals surface area contributed by atoms with Crippen LogP contribution in [0.5, 0.6) is 5.75 Å². The van der Waals surface area contributed by atoms with Gasteiger partial charge in [0, 0.05) is 11.6 Å². The summed E-state index contributed by atoms with van der Waals surface area (Å²) in [5.74, 6) is -1.74. The molecule has 0 radical (unpaired) electrons. The van der Waals surface area contributed by atoms with Crippen LogP contribution in [0.3, 0.4) is 0 Å². The maximum atomic E-state index is 11.8. The third kappa shape index (κ3) is 5.28. The fourth-order valence-electron chi connectivity index (χ4n) is 1.89. The third-order valence-electron chi connectivity index (χ3n) is 3.07. The largest absolute Gasteiger partial charge is 0.502 e. The van der Waals surface area contributed by atoms with Crippen LogP contribution in [0, 0.1) is 10.1 Å². The first-order valence-corrected chi connectivity index (χ1v) is 7.58. The normalized spacial score (nSPS) is 10.5. The summed E-state index contributed by atoms with van der Waals surface area (Å²) in [5, 5.41) is 26.5. The summed E-state index contributed by atoms with van der Waals surface area (Å²) in [5.41, 5.74) is 2.31. The Morgan fingerprint density at radius 2 is 1.96 bits per heavy atom. The van der Waals surface area contributed by atoms with E-state index in [0.29, 0.717) is 10.7 Å². The molecule has 0 aliphatic rings. The number of rotatable bonds is 6. The fourth-order valence-corrected chi connectivity index (χ4v) is 2.07. The van der Waals surface area contributed by atoms with Crippen LogP contribution in [0.15, 0.2) is 47.6 Å². The van der Waals surface area contributed by atoms with Gasteiger partial charge >= 0.3 is 5.69 Å². The van der Waals surface area contributed by atoms with Gasteiger partial charge in [0.05, 0.1) is 21.8 Å². The minimum Gasteiger partial charge on any atom is -0.502 e. The first-order chi connectivity index (χ1) is 12.4. The number of halogens is 1. The smallest absolute Gasteiger partial charge is 0.311 e. The van der Waals surface area contributed by atoms with Gasteiger partial charge in [0.25, 0.3) is 0 Å². The Balaban J connectivity index is 1.89. The first kappa shape index (κ1) is 18.9. The Kier molecular flexibility index (Phi) is 6.23. The van der Waals surface area contributed by atoms with E-state index in [2.05, 4.69) is 15.8 Å². The molecule has 0 unspecified atom stereocenters. The van der Waals surface area contributed by atoms with Crippen LogP contribution >= 0.6 is 11.6 Å². The van der Waals surface area contributed by atoms with Gasteiger partial charge < -0.3 is 10.4 Å².